The summed E-state index contributed by atoms with van der Waals surface area (Å²) in [5, 5.41) is 8.41. The number of benzene rings is 2. The van der Waals surface area contributed by atoms with Crippen LogP contribution in [0.2, 0.25) is 10.0 Å². The van der Waals surface area contributed by atoms with Gasteiger partial charge in [-0.2, -0.15) is 5.10 Å². The third kappa shape index (κ3) is 4.79. The Morgan fingerprint density at radius 2 is 1.97 bits per heavy atom. The first kappa shape index (κ1) is 20.5. The predicted molar refractivity (Wildman–Crippen MR) is 111 cm³/mol. The molecule has 29 heavy (non-hydrogen) atoms. The minimum Gasteiger partial charge on any atom is -0.470 e. The van der Waals surface area contributed by atoms with E-state index in [4.69, 9.17) is 44.2 Å². The van der Waals surface area contributed by atoms with Crippen LogP contribution >= 0.6 is 23.2 Å². The number of nitrogens with two attached hydrogens (primary N) is 2. The van der Waals surface area contributed by atoms with Crippen molar-refractivity contribution in [2.75, 3.05) is 5.73 Å². The summed E-state index contributed by atoms with van der Waals surface area (Å²) in [6.45, 7) is 1.81. The van der Waals surface area contributed by atoms with Crippen LogP contribution < -0.4 is 16.2 Å². The van der Waals surface area contributed by atoms with Gasteiger partial charge in [0.15, 0.2) is 18.3 Å². The molecule has 0 saturated heterocycles. The zero-order valence-corrected chi connectivity index (χ0v) is 16.8. The van der Waals surface area contributed by atoms with Gasteiger partial charge < -0.3 is 21.0 Å². The Labute approximate surface area is 176 Å². The maximum absolute atomic E-state index is 12.2. The van der Waals surface area contributed by atoms with Gasteiger partial charge >= 0.3 is 5.97 Å². The third-order valence-corrected chi connectivity index (χ3v) is 4.80. The number of aromatic nitrogens is 2. The molecule has 0 atom stereocenters. The number of amidine groups is 1. The minimum atomic E-state index is -0.769. The molecular weight excluding hydrogens is 417 g/mol. The summed E-state index contributed by atoms with van der Waals surface area (Å²) in [4.78, 5) is 17.0. The first-order valence-corrected chi connectivity index (χ1v) is 9.13. The number of anilines is 1. The van der Waals surface area contributed by atoms with E-state index in [1.54, 1.807) is 49.5 Å². The van der Waals surface area contributed by atoms with Gasteiger partial charge in [-0.15, -0.1) is 0 Å². The van der Waals surface area contributed by atoms with E-state index in [1.807, 2.05) is 0 Å². The lowest BCUT2D eigenvalue weighted by Gasteiger charge is -2.08. The summed E-state index contributed by atoms with van der Waals surface area (Å²) < 4.78 is 6.94. The van der Waals surface area contributed by atoms with Crippen molar-refractivity contribution in [1.82, 2.24) is 9.78 Å². The Kier molecular flexibility index (Phi) is 6.26. The van der Waals surface area contributed by atoms with Crippen molar-refractivity contribution in [2.24, 2.45) is 10.9 Å². The van der Waals surface area contributed by atoms with Gasteiger partial charge in [0.1, 0.15) is 10.8 Å². The molecule has 0 bridgehead atoms. The van der Waals surface area contributed by atoms with Crippen molar-refractivity contribution in [3.63, 3.8) is 0 Å². The number of nitrogens with zero attached hydrogens (tertiary/aromatic N) is 3. The fourth-order valence-corrected chi connectivity index (χ4v) is 2.74. The quantitative estimate of drug-likeness (QED) is 0.201. The molecule has 0 aliphatic carbocycles. The van der Waals surface area contributed by atoms with E-state index >= 15 is 0 Å². The lowest BCUT2D eigenvalue weighted by atomic mass is 10.1. The minimum absolute atomic E-state index is 0.0151. The number of nitrogen functional groups attached to an aromatic ring is 1. The highest BCUT2D eigenvalue weighted by Crippen LogP contribution is 2.31. The van der Waals surface area contributed by atoms with Crippen molar-refractivity contribution in [3.8, 4) is 5.75 Å². The normalized spacial score (nSPS) is 11.3. The number of halogens is 2. The molecule has 3 rings (SSSR count). The van der Waals surface area contributed by atoms with Crippen LogP contribution in [0.25, 0.3) is 0 Å². The molecule has 150 valence electrons. The molecule has 0 aliphatic heterocycles. The third-order valence-electron chi connectivity index (χ3n) is 4.00. The van der Waals surface area contributed by atoms with Gasteiger partial charge in [0.05, 0.1) is 5.02 Å². The lowest BCUT2D eigenvalue weighted by Crippen LogP contribution is -2.17. The molecule has 8 nitrogen and oxygen atoms in total. The average molecular weight is 434 g/mol. The standard InChI is InChI=1S/C19H17Cl2N5O3/c1-11-12(4-2-6-14(11)22)18(23)25-29-19(27)15-8-9-26(24-15)10-28-16-7-3-5-13(20)17(16)21/h2-9H,10,22H2,1H3,(H2,23,25). The highest BCUT2D eigenvalue weighted by Gasteiger charge is 2.14. The monoisotopic (exact) mass is 433 g/mol. The smallest absolute Gasteiger partial charge is 0.385 e. The number of oxime groups is 1. The number of ether oxygens (including phenoxy) is 1. The summed E-state index contributed by atoms with van der Waals surface area (Å²) in [6, 6.07) is 11.7. The molecular formula is C19H17Cl2N5O3. The second-order valence-corrected chi connectivity index (χ2v) is 6.73. The van der Waals surface area contributed by atoms with Gasteiger partial charge in [-0.25, -0.2) is 9.48 Å². The maximum atomic E-state index is 12.2. The second-order valence-electron chi connectivity index (χ2n) is 5.94. The fourth-order valence-electron chi connectivity index (χ4n) is 2.39. The molecule has 2 aromatic carbocycles. The number of carbonyl (C=O) groups is 1. The molecule has 4 N–H and O–H groups in total. The zero-order chi connectivity index (χ0) is 21.0. The van der Waals surface area contributed by atoms with Crippen molar-refractivity contribution in [1.29, 1.82) is 0 Å². The van der Waals surface area contributed by atoms with Crippen LogP contribution in [0.5, 0.6) is 5.75 Å². The van der Waals surface area contributed by atoms with Crippen LogP contribution in [0.4, 0.5) is 5.69 Å². The molecule has 0 aliphatic rings. The van der Waals surface area contributed by atoms with Gasteiger partial charge in [0, 0.05) is 17.4 Å². The predicted octanol–water partition coefficient (Wildman–Crippen LogP) is 3.59. The molecule has 1 heterocycles. The molecule has 1 aromatic heterocycles. The summed E-state index contributed by atoms with van der Waals surface area (Å²) in [5.41, 5.74) is 13.6. The van der Waals surface area contributed by atoms with E-state index < -0.39 is 5.97 Å². The van der Waals surface area contributed by atoms with Crippen LogP contribution in [0.3, 0.4) is 0 Å². The average Bonchev–Trinajstić information content (AvgIpc) is 3.18. The van der Waals surface area contributed by atoms with Gasteiger partial charge in [0.25, 0.3) is 0 Å². The molecule has 10 heteroatoms. The van der Waals surface area contributed by atoms with Crippen LogP contribution in [0.1, 0.15) is 21.6 Å². The van der Waals surface area contributed by atoms with Gasteiger partial charge in [-0.05, 0) is 36.8 Å². The molecule has 0 unspecified atom stereocenters. The van der Waals surface area contributed by atoms with Crippen molar-refractivity contribution in [3.05, 3.63) is 75.5 Å². The Morgan fingerprint density at radius 3 is 2.76 bits per heavy atom. The molecule has 0 fully saturated rings. The van der Waals surface area contributed by atoms with Crippen LogP contribution in [0.15, 0.2) is 53.8 Å². The largest absolute Gasteiger partial charge is 0.470 e. The van der Waals surface area contributed by atoms with E-state index in [2.05, 4.69) is 10.3 Å². The first-order chi connectivity index (χ1) is 13.9. The zero-order valence-electron chi connectivity index (χ0n) is 15.3. The number of hydrogen-bond acceptors (Lipinski definition) is 6. The second kappa shape index (κ2) is 8.85. The topological polar surface area (TPSA) is 118 Å². The van der Waals surface area contributed by atoms with E-state index in [0.717, 1.165) is 5.56 Å². The van der Waals surface area contributed by atoms with Gasteiger partial charge in [-0.3, -0.25) is 0 Å². The molecule has 3 aromatic rings. The van der Waals surface area contributed by atoms with Crippen LogP contribution in [-0.4, -0.2) is 21.6 Å². The molecule has 0 radical (unpaired) electrons. The first-order valence-electron chi connectivity index (χ1n) is 8.37. The van der Waals surface area contributed by atoms with E-state index in [0.29, 0.717) is 27.0 Å². The van der Waals surface area contributed by atoms with Gasteiger partial charge in [0.2, 0.25) is 0 Å². The van der Waals surface area contributed by atoms with E-state index in [-0.39, 0.29) is 18.3 Å². The summed E-state index contributed by atoms with van der Waals surface area (Å²) in [6.07, 6.45) is 1.55. The van der Waals surface area contributed by atoms with Crippen molar-refractivity contribution >= 4 is 40.7 Å². The van der Waals surface area contributed by atoms with Crippen molar-refractivity contribution in [2.45, 2.75) is 13.7 Å². The Balaban J connectivity index is 1.63. The highest BCUT2D eigenvalue weighted by molar-refractivity contribution is 6.42. The van der Waals surface area contributed by atoms with E-state index in [1.165, 1.54) is 10.7 Å². The van der Waals surface area contributed by atoms with Gasteiger partial charge in [-0.1, -0.05) is 46.6 Å². The maximum Gasteiger partial charge on any atom is 0.385 e. The SMILES string of the molecule is Cc1c(N)cccc1/C(N)=N/OC(=O)c1ccn(COc2cccc(Cl)c2Cl)n1. The Hall–Kier alpha value is -3.23. The number of hydrogen-bond donors (Lipinski definition) is 2. The number of rotatable bonds is 6. The molecule has 0 amide bonds. The summed E-state index contributed by atoms with van der Waals surface area (Å²) in [7, 11) is 0. The van der Waals surface area contributed by atoms with Crippen LogP contribution in [-0.2, 0) is 11.6 Å². The Morgan fingerprint density at radius 1 is 1.21 bits per heavy atom. The highest BCUT2D eigenvalue weighted by atomic mass is 35.5. The molecule has 0 spiro atoms. The van der Waals surface area contributed by atoms with Crippen molar-refractivity contribution < 1.29 is 14.4 Å². The van der Waals surface area contributed by atoms with E-state index in [9.17, 15) is 4.79 Å². The summed E-state index contributed by atoms with van der Waals surface area (Å²) >= 11 is 12.0. The number of carbonyl (C=O) groups excluding carboxylic acids is 1. The summed E-state index contributed by atoms with van der Waals surface area (Å²) in [5.74, 6) is -0.343. The Bertz CT molecular complexity index is 1080. The molecule has 0 saturated carbocycles. The van der Waals surface area contributed by atoms with Crippen LogP contribution in [0, 0.1) is 6.92 Å². The lowest BCUT2D eigenvalue weighted by molar-refractivity contribution is 0.0507. The fraction of sp³-hybridized carbons (Fsp3) is 0.105.